The van der Waals surface area contributed by atoms with Crippen molar-refractivity contribution in [3.63, 3.8) is 0 Å². The molecule has 21 heavy (non-hydrogen) atoms. The minimum absolute atomic E-state index is 0.0345. The molecule has 2 fully saturated rings. The van der Waals surface area contributed by atoms with Crippen molar-refractivity contribution in [3.05, 3.63) is 0 Å². The molecule has 1 atom stereocenters. The van der Waals surface area contributed by atoms with E-state index in [1.54, 1.807) is 4.90 Å². The van der Waals surface area contributed by atoms with Gasteiger partial charge in [-0.15, -0.1) is 0 Å². The van der Waals surface area contributed by atoms with Gasteiger partial charge in [0.25, 0.3) is 0 Å². The van der Waals surface area contributed by atoms with Crippen LogP contribution in [0.15, 0.2) is 0 Å². The lowest BCUT2D eigenvalue weighted by Gasteiger charge is -2.32. The highest BCUT2D eigenvalue weighted by Gasteiger charge is 2.49. The smallest absolute Gasteiger partial charge is 0.320 e. The lowest BCUT2D eigenvalue weighted by Crippen LogP contribution is -2.47. The topological polar surface area (TPSA) is 60.9 Å². The van der Waals surface area contributed by atoms with Crippen LogP contribution < -0.4 is 0 Å². The van der Waals surface area contributed by atoms with Crippen molar-refractivity contribution < 1.29 is 14.7 Å². The summed E-state index contributed by atoms with van der Waals surface area (Å²) in [6, 6.07) is 0.411. The van der Waals surface area contributed by atoms with Crippen LogP contribution in [0.25, 0.3) is 0 Å². The number of likely N-dealkylation sites (tertiary alicyclic amines) is 1. The molecule has 5 nitrogen and oxygen atoms in total. The third kappa shape index (κ3) is 3.16. The third-order valence-electron chi connectivity index (χ3n) is 4.90. The molecule has 0 bridgehead atoms. The number of carboxylic acids is 1. The van der Waals surface area contributed by atoms with Crippen molar-refractivity contribution in [2.45, 2.75) is 53.0 Å². The standard InChI is InChI=1S/C16H28N2O3/c1-11(2)9-18(13-5-6-13)15(21)17-8-7-16(10-17,12(3)4)14(19)20/h11-13H,5-10H2,1-4H3,(H,19,20). The number of carbonyl (C=O) groups excluding carboxylic acids is 1. The molecule has 1 aliphatic carbocycles. The largest absolute Gasteiger partial charge is 0.481 e. The monoisotopic (exact) mass is 296 g/mol. The first-order chi connectivity index (χ1) is 9.78. The van der Waals surface area contributed by atoms with Gasteiger partial charge in [0.2, 0.25) is 0 Å². The number of hydrogen-bond donors (Lipinski definition) is 1. The number of aliphatic carboxylic acids is 1. The minimum Gasteiger partial charge on any atom is -0.481 e. The Morgan fingerprint density at radius 2 is 1.90 bits per heavy atom. The predicted molar refractivity (Wildman–Crippen MR) is 81.1 cm³/mol. The van der Waals surface area contributed by atoms with E-state index in [4.69, 9.17) is 0 Å². The van der Waals surface area contributed by atoms with E-state index in [1.807, 2.05) is 18.7 Å². The number of urea groups is 1. The van der Waals surface area contributed by atoms with Crippen LogP contribution in [-0.4, -0.2) is 52.6 Å². The number of rotatable bonds is 5. The molecule has 0 spiro atoms. The van der Waals surface area contributed by atoms with E-state index in [1.165, 1.54) is 0 Å². The van der Waals surface area contributed by atoms with Gasteiger partial charge in [-0.25, -0.2) is 4.79 Å². The zero-order valence-corrected chi connectivity index (χ0v) is 13.6. The van der Waals surface area contributed by atoms with E-state index in [-0.39, 0.29) is 11.9 Å². The lowest BCUT2D eigenvalue weighted by atomic mass is 9.76. The highest BCUT2D eigenvalue weighted by molar-refractivity contribution is 5.80. The van der Waals surface area contributed by atoms with Gasteiger partial charge in [-0.3, -0.25) is 4.79 Å². The molecule has 2 aliphatic rings. The van der Waals surface area contributed by atoms with Crippen molar-refractivity contribution in [2.75, 3.05) is 19.6 Å². The Morgan fingerprint density at radius 3 is 2.29 bits per heavy atom. The molecule has 1 unspecified atom stereocenters. The molecule has 1 heterocycles. The van der Waals surface area contributed by atoms with Crippen molar-refractivity contribution in [3.8, 4) is 0 Å². The van der Waals surface area contributed by atoms with Crippen molar-refractivity contribution >= 4 is 12.0 Å². The van der Waals surface area contributed by atoms with Gasteiger partial charge in [-0.1, -0.05) is 27.7 Å². The van der Waals surface area contributed by atoms with Crippen molar-refractivity contribution in [2.24, 2.45) is 17.3 Å². The molecule has 2 rings (SSSR count). The fourth-order valence-corrected chi connectivity index (χ4v) is 3.23. The fourth-order valence-electron chi connectivity index (χ4n) is 3.23. The second kappa shape index (κ2) is 5.85. The Balaban J connectivity index is 2.08. The summed E-state index contributed by atoms with van der Waals surface area (Å²) in [6.45, 7) is 9.78. The minimum atomic E-state index is -0.775. The van der Waals surface area contributed by atoms with Crippen LogP contribution in [0.1, 0.15) is 47.0 Å². The van der Waals surface area contributed by atoms with Crippen LogP contribution >= 0.6 is 0 Å². The maximum absolute atomic E-state index is 12.8. The van der Waals surface area contributed by atoms with E-state index in [2.05, 4.69) is 13.8 Å². The van der Waals surface area contributed by atoms with Crippen LogP contribution in [-0.2, 0) is 4.79 Å². The lowest BCUT2D eigenvalue weighted by molar-refractivity contribution is -0.150. The maximum Gasteiger partial charge on any atom is 0.320 e. The highest BCUT2D eigenvalue weighted by atomic mass is 16.4. The van der Waals surface area contributed by atoms with Gasteiger partial charge in [0.1, 0.15) is 0 Å². The van der Waals surface area contributed by atoms with Crippen LogP contribution in [0.5, 0.6) is 0 Å². The van der Waals surface area contributed by atoms with Gasteiger partial charge in [-0.05, 0) is 31.1 Å². The Labute approximate surface area is 127 Å². The molecule has 0 radical (unpaired) electrons. The summed E-state index contributed by atoms with van der Waals surface area (Å²) >= 11 is 0. The molecule has 1 N–H and O–H groups in total. The first-order valence-corrected chi connectivity index (χ1v) is 8.07. The number of carbonyl (C=O) groups is 2. The molecular weight excluding hydrogens is 268 g/mol. The van der Waals surface area contributed by atoms with E-state index in [0.717, 1.165) is 19.4 Å². The first-order valence-electron chi connectivity index (χ1n) is 8.07. The maximum atomic E-state index is 12.8. The zero-order chi connectivity index (χ0) is 15.8. The number of nitrogens with zero attached hydrogens (tertiary/aromatic N) is 2. The number of hydrogen-bond acceptors (Lipinski definition) is 2. The molecule has 5 heteroatoms. The molecule has 120 valence electrons. The van der Waals surface area contributed by atoms with Gasteiger partial charge < -0.3 is 14.9 Å². The number of carboxylic acid groups (broad SMARTS) is 1. The Hall–Kier alpha value is -1.26. The summed E-state index contributed by atoms with van der Waals surface area (Å²) in [5.41, 5.74) is -0.775. The van der Waals surface area contributed by atoms with E-state index in [9.17, 15) is 14.7 Å². The molecular formula is C16H28N2O3. The summed E-state index contributed by atoms with van der Waals surface area (Å²) in [6.07, 6.45) is 2.73. The molecule has 0 aromatic rings. The third-order valence-corrected chi connectivity index (χ3v) is 4.90. The summed E-state index contributed by atoms with van der Waals surface area (Å²) in [4.78, 5) is 28.1. The quantitative estimate of drug-likeness (QED) is 0.848. The second-order valence-electron chi connectivity index (χ2n) is 7.35. The van der Waals surface area contributed by atoms with E-state index >= 15 is 0 Å². The van der Waals surface area contributed by atoms with E-state index in [0.29, 0.717) is 31.5 Å². The average molecular weight is 296 g/mol. The van der Waals surface area contributed by atoms with Gasteiger partial charge in [0, 0.05) is 25.7 Å². The summed E-state index contributed by atoms with van der Waals surface area (Å²) in [5.74, 6) is -0.298. The first kappa shape index (κ1) is 16.1. The SMILES string of the molecule is CC(C)CN(C(=O)N1CCC(C(=O)O)(C(C)C)C1)C1CC1. The van der Waals surface area contributed by atoms with Crippen molar-refractivity contribution in [1.29, 1.82) is 0 Å². The molecule has 0 aromatic heterocycles. The Kier molecular flexibility index (Phi) is 4.49. The molecule has 1 aliphatic heterocycles. The highest BCUT2D eigenvalue weighted by Crippen LogP contribution is 2.39. The van der Waals surface area contributed by atoms with E-state index < -0.39 is 11.4 Å². The van der Waals surface area contributed by atoms with Crippen LogP contribution in [0, 0.1) is 17.3 Å². The van der Waals surface area contributed by atoms with Gasteiger partial charge in [-0.2, -0.15) is 0 Å². The number of amides is 2. The zero-order valence-electron chi connectivity index (χ0n) is 13.6. The average Bonchev–Trinajstić information content (AvgIpc) is 3.12. The Morgan fingerprint density at radius 1 is 1.29 bits per heavy atom. The van der Waals surface area contributed by atoms with Gasteiger partial charge >= 0.3 is 12.0 Å². The van der Waals surface area contributed by atoms with Crippen molar-refractivity contribution in [1.82, 2.24) is 9.80 Å². The van der Waals surface area contributed by atoms with Gasteiger partial charge in [0.05, 0.1) is 5.41 Å². The predicted octanol–water partition coefficient (Wildman–Crippen LogP) is 2.66. The fraction of sp³-hybridized carbons (Fsp3) is 0.875. The van der Waals surface area contributed by atoms with Crippen LogP contribution in [0.3, 0.4) is 0 Å². The van der Waals surface area contributed by atoms with Crippen LogP contribution in [0.2, 0.25) is 0 Å². The molecule has 0 aromatic carbocycles. The Bertz CT molecular complexity index is 418. The molecule has 2 amide bonds. The second-order valence-corrected chi connectivity index (χ2v) is 7.35. The van der Waals surface area contributed by atoms with Crippen LogP contribution in [0.4, 0.5) is 4.79 Å². The van der Waals surface area contributed by atoms with Gasteiger partial charge in [0.15, 0.2) is 0 Å². The molecule has 1 saturated carbocycles. The normalized spacial score (nSPS) is 25.7. The summed E-state index contributed by atoms with van der Waals surface area (Å²) in [7, 11) is 0. The summed E-state index contributed by atoms with van der Waals surface area (Å²) < 4.78 is 0. The summed E-state index contributed by atoms with van der Waals surface area (Å²) in [5, 5.41) is 9.59. The molecule has 1 saturated heterocycles.